The highest BCUT2D eigenvalue weighted by molar-refractivity contribution is 7.99. The SMILES string of the molecule is SCc1cccc(CSC2CC3CC2C2C(SCc4cccc(CS)c4)CCC32)c1. The fraction of sp³-hybridized carbons (Fsp3) is 0.538. The quantitative estimate of drug-likeness (QED) is 0.381. The Bertz CT molecular complexity index is 866. The Kier molecular flexibility index (Phi) is 7.06. The summed E-state index contributed by atoms with van der Waals surface area (Å²) in [5.41, 5.74) is 5.65. The summed E-state index contributed by atoms with van der Waals surface area (Å²) in [6.07, 6.45) is 5.92. The van der Waals surface area contributed by atoms with E-state index in [9.17, 15) is 0 Å². The van der Waals surface area contributed by atoms with Gasteiger partial charge in [-0.15, -0.1) is 0 Å². The molecular formula is C26H32S4. The first kappa shape index (κ1) is 21.7. The topological polar surface area (TPSA) is 0 Å². The molecule has 3 aliphatic rings. The van der Waals surface area contributed by atoms with Crippen LogP contribution in [0.5, 0.6) is 0 Å². The van der Waals surface area contributed by atoms with Crippen LogP contribution in [-0.4, -0.2) is 10.5 Å². The first-order valence-electron chi connectivity index (χ1n) is 11.4. The van der Waals surface area contributed by atoms with E-state index in [1.54, 1.807) is 0 Å². The maximum Gasteiger partial charge on any atom is 0.0187 e. The van der Waals surface area contributed by atoms with E-state index in [1.165, 1.54) is 59.4 Å². The smallest absolute Gasteiger partial charge is 0.0187 e. The Morgan fingerprint density at radius 1 is 0.700 bits per heavy atom. The second kappa shape index (κ2) is 9.77. The maximum absolute atomic E-state index is 4.45. The molecule has 6 atom stereocenters. The molecule has 3 saturated carbocycles. The minimum atomic E-state index is 0.839. The van der Waals surface area contributed by atoms with Crippen molar-refractivity contribution in [3.05, 3.63) is 70.8 Å². The second-order valence-corrected chi connectivity index (χ2v) is 12.5. The van der Waals surface area contributed by atoms with Crippen LogP contribution in [0.15, 0.2) is 48.5 Å². The molecule has 6 unspecified atom stereocenters. The molecule has 0 heterocycles. The molecule has 3 aliphatic carbocycles. The second-order valence-electron chi connectivity index (χ2n) is 9.37. The number of hydrogen-bond donors (Lipinski definition) is 2. The molecule has 0 spiro atoms. The molecule has 0 saturated heterocycles. The van der Waals surface area contributed by atoms with Crippen LogP contribution < -0.4 is 0 Å². The van der Waals surface area contributed by atoms with Crippen molar-refractivity contribution in [3.8, 4) is 0 Å². The van der Waals surface area contributed by atoms with Crippen molar-refractivity contribution < 1.29 is 0 Å². The molecule has 4 heteroatoms. The number of rotatable bonds is 8. The number of thiol groups is 2. The normalized spacial score (nSPS) is 31.9. The zero-order valence-corrected chi connectivity index (χ0v) is 20.9. The largest absolute Gasteiger partial charge is 0.175 e. The standard InChI is InChI=1S/C26H32S4/c27-13-17-3-1-5-19(9-17)15-29-24-8-7-22-21-11-23(26(22)24)25(12-21)30-16-20-6-2-4-18(10-20)14-28/h1-6,9-10,21-28H,7-8,11-16H2. The molecule has 0 aromatic heterocycles. The fourth-order valence-electron chi connectivity index (χ4n) is 6.41. The third-order valence-corrected chi connectivity index (χ3v) is 11.4. The molecule has 2 aromatic carbocycles. The lowest BCUT2D eigenvalue weighted by Crippen LogP contribution is -2.31. The van der Waals surface area contributed by atoms with Crippen LogP contribution in [0.25, 0.3) is 0 Å². The molecular weight excluding hydrogens is 441 g/mol. The predicted octanol–water partition coefficient (Wildman–Crippen LogP) is 7.52. The molecule has 160 valence electrons. The Hall–Kier alpha value is -0.160. The molecule has 0 N–H and O–H groups in total. The van der Waals surface area contributed by atoms with Crippen molar-refractivity contribution in [3.63, 3.8) is 0 Å². The van der Waals surface area contributed by atoms with E-state index in [0.29, 0.717) is 0 Å². The van der Waals surface area contributed by atoms with Crippen molar-refractivity contribution in [2.45, 2.75) is 59.2 Å². The highest BCUT2D eigenvalue weighted by Crippen LogP contribution is 2.63. The van der Waals surface area contributed by atoms with E-state index < -0.39 is 0 Å². The summed E-state index contributed by atoms with van der Waals surface area (Å²) in [6, 6.07) is 18.1. The van der Waals surface area contributed by atoms with Crippen LogP contribution in [0.3, 0.4) is 0 Å². The molecule has 2 bridgehead atoms. The molecule has 2 aromatic rings. The van der Waals surface area contributed by atoms with Gasteiger partial charge in [0.25, 0.3) is 0 Å². The summed E-state index contributed by atoms with van der Waals surface area (Å²) < 4.78 is 0. The lowest BCUT2D eigenvalue weighted by molar-refractivity contribution is 0.270. The first-order valence-corrected chi connectivity index (χ1v) is 14.7. The van der Waals surface area contributed by atoms with Crippen LogP contribution in [0, 0.1) is 23.7 Å². The van der Waals surface area contributed by atoms with E-state index in [0.717, 1.165) is 45.7 Å². The van der Waals surface area contributed by atoms with E-state index in [-0.39, 0.29) is 0 Å². The van der Waals surface area contributed by atoms with Crippen molar-refractivity contribution in [1.29, 1.82) is 0 Å². The Morgan fingerprint density at radius 2 is 1.30 bits per heavy atom. The summed E-state index contributed by atoms with van der Waals surface area (Å²) in [6.45, 7) is 0. The maximum atomic E-state index is 4.45. The molecule has 0 aliphatic heterocycles. The van der Waals surface area contributed by atoms with E-state index >= 15 is 0 Å². The summed E-state index contributed by atoms with van der Waals surface area (Å²) in [5.74, 6) is 7.99. The van der Waals surface area contributed by atoms with Crippen LogP contribution in [0.4, 0.5) is 0 Å². The Morgan fingerprint density at radius 3 is 1.93 bits per heavy atom. The van der Waals surface area contributed by atoms with Gasteiger partial charge in [-0.3, -0.25) is 0 Å². The zero-order valence-electron chi connectivity index (χ0n) is 17.5. The van der Waals surface area contributed by atoms with Gasteiger partial charge in [0.15, 0.2) is 0 Å². The van der Waals surface area contributed by atoms with Gasteiger partial charge in [0.05, 0.1) is 0 Å². The number of hydrogen-bond acceptors (Lipinski definition) is 4. The van der Waals surface area contributed by atoms with Gasteiger partial charge in [-0.2, -0.15) is 48.8 Å². The van der Waals surface area contributed by atoms with Gasteiger partial charge >= 0.3 is 0 Å². The van der Waals surface area contributed by atoms with Crippen molar-refractivity contribution in [1.82, 2.24) is 0 Å². The molecule has 0 amide bonds. The fourth-order valence-corrected chi connectivity index (χ4v) is 9.83. The molecule has 0 nitrogen and oxygen atoms in total. The lowest BCUT2D eigenvalue weighted by atomic mass is 9.81. The zero-order chi connectivity index (χ0) is 20.5. The van der Waals surface area contributed by atoms with Gasteiger partial charge in [0.2, 0.25) is 0 Å². The number of thioether (sulfide) groups is 2. The Balaban J connectivity index is 1.20. The van der Waals surface area contributed by atoms with Crippen LogP contribution >= 0.6 is 48.8 Å². The van der Waals surface area contributed by atoms with Gasteiger partial charge in [0.1, 0.15) is 0 Å². The van der Waals surface area contributed by atoms with Crippen molar-refractivity contribution >= 4 is 48.8 Å². The van der Waals surface area contributed by atoms with E-state index in [1.807, 2.05) is 0 Å². The lowest BCUT2D eigenvalue weighted by Gasteiger charge is -2.34. The minimum absolute atomic E-state index is 0.839. The molecule has 3 fully saturated rings. The minimum Gasteiger partial charge on any atom is -0.175 e. The van der Waals surface area contributed by atoms with Gasteiger partial charge < -0.3 is 0 Å². The van der Waals surface area contributed by atoms with Gasteiger partial charge in [0, 0.05) is 33.5 Å². The summed E-state index contributed by atoms with van der Waals surface area (Å²) in [4.78, 5) is 0. The summed E-state index contributed by atoms with van der Waals surface area (Å²) in [7, 11) is 0. The summed E-state index contributed by atoms with van der Waals surface area (Å²) >= 11 is 13.4. The molecule has 5 rings (SSSR count). The number of benzene rings is 2. The molecule has 0 radical (unpaired) electrons. The van der Waals surface area contributed by atoms with E-state index in [4.69, 9.17) is 0 Å². The Labute approximate surface area is 201 Å². The average Bonchev–Trinajstić information content (AvgIpc) is 3.49. The van der Waals surface area contributed by atoms with Gasteiger partial charge in [-0.1, -0.05) is 48.5 Å². The van der Waals surface area contributed by atoms with Crippen molar-refractivity contribution in [2.24, 2.45) is 23.7 Å². The van der Waals surface area contributed by atoms with Crippen LogP contribution in [0.2, 0.25) is 0 Å². The molecule has 30 heavy (non-hydrogen) atoms. The summed E-state index contributed by atoms with van der Waals surface area (Å²) in [5, 5.41) is 1.75. The van der Waals surface area contributed by atoms with Crippen LogP contribution in [-0.2, 0) is 23.0 Å². The highest BCUT2D eigenvalue weighted by atomic mass is 32.2. The van der Waals surface area contributed by atoms with Gasteiger partial charge in [-0.05, 0) is 71.6 Å². The monoisotopic (exact) mass is 472 g/mol. The highest BCUT2D eigenvalue weighted by Gasteiger charge is 2.57. The van der Waals surface area contributed by atoms with Crippen LogP contribution in [0.1, 0.15) is 47.9 Å². The average molecular weight is 473 g/mol. The third-order valence-electron chi connectivity index (χ3n) is 7.67. The number of fused-ring (bicyclic) bond motifs is 5. The van der Waals surface area contributed by atoms with Gasteiger partial charge in [-0.25, -0.2) is 0 Å². The first-order chi connectivity index (χ1) is 14.7. The third kappa shape index (κ3) is 4.49. The predicted molar refractivity (Wildman–Crippen MR) is 141 cm³/mol. The van der Waals surface area contributed by atoms with E-state index in [2.05, 4.69) is 97.3 Å². The van der Waals surface area contributed by atoms with Crippen molar-refractivity contribution in [2.75, 3.05) is 0 Å².